The maximum absolute atomic E-state index is 13.9. The van der Waals surface area contributed by atoms with Crippen molar-refractivity contribution in [2.45, 2.75) is 32.9 Å². The minimum atomic E-state index is -3.80. The predicted octanol–water partition coefficient (Wildman–Crippen LogP) is 4.22. The fourth-order valence-corrected chi connectivity index (χ4v) is 5.27. The first kappa shape index (κ1) is 28.4. The zero-order valence-corrected chi connectivity index (χ0v) is 23.8. The molecule has 2 amide bonds. The highest BCUT2D eigenvalue weighted by Gasteiger charge is 2.33. The molecule has 1 N–H and O–H groups in total. The molecule has 0 heterocycles. The van der Waals surface area contributed by atoms with E-state index in [1.807, 2.05) is 74.5 Å². The van der Waals surface area contributed by atoms with Gasteiger partial charge in [-0.3, -0.25) is 13.9 Å². The number of rotatable bonds is 10. The minimum Gasteiger partial charge on any atom is -0.357 e. The Morgan fingerprint density at radius 3 is 2.16 bits per heavy atom. The molecule has 0 bridgehead atoms. The molecule has 0 saturated heterocycles. The van der Waals surface area contributed by atoms with Crippen molar-refractivity contribution >= 4 is 43.5 Å². The molecule has 0 aromatic heterocycles. The van der Waals surface area contributed by atoms with Crippen molar-refractivity contribution in [3.05, 3.63) is 99.5 Å². The third-order valence-corrected chi connectivity index (χ3v) is 7.96. The highest BCUT2D eigenvalue weighted by Crippen LogP contribution is 2.26. The molecule has 0 aliphatic heterocycles. The number of carbonyl (C=O) groups excluding carboxylic acids is 2. The number of aryl methyl sites for hydroxylation is 1. The smallest absolute Gasteiger partial charge is 0.244 e. The van der Waals surface area contributed by atoms with Crippen LogP contribution in [-0.2, 0) is 32.6 Å². The second-order valence-corrected chi connectivity index (χ2v) is 11.8. The quantitative estimate of drug-likeness (QED) is 0.386. The van der Waals surface area contributed by atoms with Gasteiger partial charge in [-0.15, -0.1) is 0 Å². The van der Waals surface area contributed by atoms with E-state index in [1.165, 1.54) is 11.9 Å². The van der Waals surface area contributed by atoms with Crippen LogP contribution in [0.2, 0.25) is 0 Å². The van der Waals surface area contributed by atoms with Crippen LogP contribution in [0.1, 0.15) is 22.3 Å². The van der Waals surface area contributed by atoms with Crippen LogP contribution in [-0.4, -0.2) is 51.0 Å². The molecule has 1 atom stereocenters. The van der Waals surface area contributed by atoms with Gasteiger partial charge in [0.05, 0.1) is 11.9 Å². The fourth-order valence-electron chi connectivity index (χ4n) is 4.11. The number of amides is 2. The van der Waals surface area contributed by atoms with Crippen LogP contribution < -0.4 is 9.62 Å². The summed E-state index contributed by atoms with van der Waals surface area (Å²) in [6, 6.07) is 21.4. The summed E-state index contributed by atoms with van der Waals surface area (Å²) in [5.41, 5.74) is 3.83. The second-order valence-electron chi connectivity index (χ2n) is 8.96. The van der Waals surface area contributed by atoms with Crippen molar-refractivity contribution in [3.8, 4) is 0 Å². The van der Waals surface area contributed by atoms with Crippen molar-refractivity contribution < 1.29 is 18.0 Å². The lowest BCUT2D eigenvalue weighted by molar-refractivity contribution is -0.139. The average Bonchev–Trinajstić information content (AvgIpc) is 2.87. The van der Waals surface area contributed by atoms with Crippen molar-refractivity contribution in [2.75, 3.05) is 24.2 Å². The van der Waals surface area contributed by atoms with E-state index in [-0.39, 0.29) is 18.9 Å². The van der Waals surface area contributed by atoms with Crippen molar-refractivity contribution in [2.24, 2.45) is 0 Å². The Morgan fingerprint density at radius 2 is 1.57 bits per heavy atom. The summed E-state index contributed by atoms with van der Waals surface area (Å²) in [5, 5.41) is 2.68. The van der Waals surface area contributed by atoms with Crippen LogP contribution >= 0.6 is 15.9 Å². The van der Waals surface area contributed by atoms with Crippen LogP contribution in [0, 0.1) is 13.8 Å². The van der Waals surface area contributed by atoms with E-state index >= 15 is 0 Å². The molecule has 0 saturated carbocycles. The van der Waals surface area contributed by atoms with Crippen molar-refractivity contribution in [1.82, 2.24) is 10.2 Å². The predicted molar refractivity (Wildman–Crippen MR) is 151 cm³/mol. The summed E-state index contributed by atoms with van der Waals surface area (Å²) in [4.78, 5) is 28.5. The average molecular weight is 587 g/mol. The summed E-state index contributed by atoms with van der Waals surface area (Å²) in [6.07, 6.45) is 1.37. The molecule has 0 aliphatic carbocycles. The Labute approximate surface area is 227 Å². The van der Waals surface area contributed by atoms with E-state index in [9.17, 15) is 18.0 Å². The van der Waals surface area contributed by atoms with E-state index in [4.69, 9.17) is 0 Å². The standard InChI is InChI=1S/C28H32BrN3O4S/c1-20-9-8-12-25(21(20)2)32(37(4,35)36)19-27(33)31(18-23-13-15-24(29)16-14-23)26(28(34)30-3)17-22-10-6-5-7-11-22/h5-16,26H,17-19H2,1-4H3,(H,30,34)/t26-/m1/s1. The van der Waals surface area contributed by atoms with E-state index in [0.717, 1.165) is 37.3 Å². The fraction of sp³-hybridized carbons (Fsp3) is 0.286. The summed E-state index contributed by atoms with van der Waals surface area (Å²) < 4.78 is 27.8. The van der Waals surface area contributed by atoms with Crippen LogP contribution in [0.15, 0.2) is 77.3 Å². The topological polar surface area (TPSA) is 86.8 Å². The number of anilines is 1. The number of sulfonamides is 1. The number of benzene rings is 3. The Hall–Kier alpha value is -3.17. The van der Waals surface area contributed by atoms with E-state index in [2.05, 4.69) is 21.2 Å². The summed E-state index contributed by atoms with van der Waals surface area (Å²) in [5.74, 6) is -0.800. The first-order valence-electron chi connectivity index (χ1n) is 11.8. The molecule has 0 unspecified atom stereocenters. The number of nitrogens with one attached hydrogen (secondary N) is 1. The molecule has 3 rings (SSSR count). The van der Waals surface area contributed by atoms with Crippen LogP contribution in [0.4, 0.5) is 5.69 Å². The Bertz CT molecular complexity index is 1350. The largest absolute Gasteiger partial charge is 0.357 e. The highest BCUT2D eigenvalue weighted by atomic mass is 79.9. The summed E-state index contributed by atoms with van der Waals surface area (Å²) in [7, 11) is -2.27. The number of halogens is 1. The molecular formula is C28H32BrN3O4S. The third kappa shape index (κ3) is 7.42. The van der Waals surface area contributed by atoms with E-state index in [1.54, 1.807) is 12.1 Å². The maximum atomic E-state index is 13.9. The number of carbonyl (C=O) groups is 2. The lowest BCUT2D eigenvalue weighted by Crippen LogP contribution is -2.53. The minimum absolute atomic E-state index is 0.140. The maximum Gasteiger partial charge on any atom is 0.244 e. The lowest BCUT2D eigenvalue weighted by Gasteiger charge is -2.33. The first-order valence-corrected chi connectivity index (χ1v) is 14.5. The molecule has 9 heteroatoms. The molecule has 3 aromatic carbocycles. The zero-order valence-electron chi connectivity index (χ0n) is 21.4. The second kappa shape index (κ2) is 12.4. The zero-order chi connectivity index (χ0) is 27.2. The normalized spacial score (nSPS) is 12.0. The molecule has 0 radical (unpaired) electrons. The van der Waals surface area contributed by atoms with Gasteiger partial charge >= 0.3 is 0 Å². The monoisotopic (exact) mass is 585 g/mol. The molecule has 0 fully saturated rings. The van der Waals surface area contributed by atoms with Gasteiger partial charge in [0.2, 0.25) is 21.8 Å². The van der Waals surface area contributed by atoms with Crippen molar-refractivity contribution in [1.29, 1.82) is 0 Å². The van der Waals surface area contributed by atoms with Gasteiger partial charge in [-0.1, -0.05) is 70.5 Å². The van der Waals surface area contributed by atoms with Gasteiger partial charge in [0.1, 0.15) is 12.6 Å². The van der Waals surface area contributed by atoms with Crippen LogP contribution in [0.25, 0.3) is 0 Å². The van der Waals surface area contributed by atoms with Crippen LogP contribution in [0.3, 0.4) is 0 Å². The van der Waals surface area contributed by atoms with Gasteiger partial charge in [0.25, 0.3) is 0 Å². The molecule has 0 spiro atoms. The molecule has 7 nitrogen and oxygen atoms in total. The summed E-state index contributed by atoms with van der Waals surface area (Å²) in [6.45, 7) is 3.43. The molecular weight excluding hydrogens is 554 g/mol. The summed E-state index contributed by atoms with van der Waals surface area (Å²) >= 11 is 3.42. The van der Waals surface area contributed by atoms with Gasteiger partial charge in [-0.2, -0.15) is 0 Å². The number of nitrogens with zero attached hydrogens (tertiary/aromatic N) is 2. The number of hydrogen-bond acceptors (Lipinski definition) is 4. The van der Waals surface area contributed by atoms with Gasteiger partial charge in [-0.05, 0) is 54.3 Å². The Balaban J connectivity index is 2.05. The molecule has 37 heavy (non-hydrogen) atoms. The van der Waals surface area contributed by atoms with Crippen LogP contribution in [0.5, 0.6) is 0 Å². The molecule has 3 aromatic rings. The molecule has 196 valence electrons. The van der Waals surface area contributed by atoms with Gasteiger partial charge in [-0.25, -0.2) is 8.42 Å². The van der Waals surface area contributed by atoms with Gasteiger partial charge in [0.15, 0.2) is 0 Å². The first-order chi connectivity index (χ1) is 17.5. The number of hydrogen-bond donors (Lipinski definition) is 1. The highest BCUT2D eigenvalue weighted by molar-refractivity contribution is 9.10. The van der Waals surface area contributed by atoms with Crippen molar-refractivity contribution in [3.63, 3.8) is 0 Å². The number of likely N-dealkylation sites (N-methyl/N-ethyl adjacent to an activating group) is 1. The SMILES string of the molecule is CNC(=O)[C@@H](Cc1ccccc1)N(Cc1ccc(Br)cc1)C(=O)CN(c1cccc(C)c1C)S(C)(=O)=O. The molecule has 0 aliphatic rings. The van der Waals surface area contributed by atoms with Gasteiger partial charge in [0, 0.05) is 24.5 Å². The van der Waals surface area contributed by atoms with E-state index in [0.29, 0.717) is 5.69 Å². The Kier molecular flexibility index (Phi) is 9.50. The Morgan fingerprint density at radius 1 is 0.919 bits per heavy atom. The van der Waals surface area contributed by atoms with E-state index < -0.39 is 28.5 Å². The van der Waals surface area contributed by atoms with Gasteiger partial charge < -0.3 is 10.2 Å². The lowest BCUT2D eigenvalue weighted by atomic mass is 10.0. The third-order valence-electron chi connectivity index (χ3n) is 6.31.